The van der Waals surface area contributed by atoms with E-state index in [1.54, 1.807) is 0 Å². The summed E-state index contributed by atoms with van der Waals surface area (Å²) in [6, 6.07) is 0.386. The third kappa shape index (κ3) is 5.55. The predicted molar refractivity (Wildman–Crippen MR) is 81.4 cm³/mol. The first-order valence-corrected chi connectivity index (χ1v) is 7.23. The summed E-state index contributed by atoms with van der Waals surface area (Å²) in [4.78, 5) is 9.12. The van der Waals surface area contributed by atoms with E-state index in [0.717, 1.165) is 30.3 Å². The maximum atomic E-state index is 4.69. The van der Waals surface area contributed by atoms with E-state index in [1.165, 1.54) is 0 Å². The Morgan fingerprint density at radius 1 is 1.11 bits per heavy atom. The van der Waals surface area contributed by atoms with Gasteiger partial charge in [-0.05, 0) is 26.3 Å². The van der Waals surface area contributed by atoms with Gasteiger partial charge in [0.05, 0.1) is 17.6 Å². The zero-order valence-electron chi connectivity index (χ0n) is 13.1. The summed E-state index contributed by atoms with van der Waals surface area (Å²) in [5, 5.41) is 6.86. The number of aromatic nitrogens is 2. The molecule has 0 aliphatic rings. The van der Waals surface area contributed by atoms with Gasteiger partial charge in [0.25, 0.3) is 0 Å². The van der Waals surface area contributed by atoms with Crippen molar-refractivity contribution in [3.8, 4) is 0 Å². The van der Waals surface area contributed by atoms with Gasteiger partial charge < -0.3 is 10.6 Å². The summed E-state index contributed by atoms with van der Waals surface area (Å²) in [5.41, 5.74) is 2.10. The molecule has 0 unspecified atom stereocenters. The summed E-state index contributed by atoms with van der Waals surface area (Å²) in [6.45, 7) is 14.7. The van der Waals surface area contributed by atoms with Crippen LogP contribution in [-0.2, 0) is 6.54 Å². The molecule has 0 amide bonds. The van der Waals surface area contributed by atoms with Crippen LogP contribution in [-0.4, -0.2) is 22.6 Å². The fraction of sp³-hybridized carbons (Fsp3) is 0.733. The van der Waals surface area contributed by atoms with Gasteiger partial charge >= 0.3 is 0 Å². The molecular weight excluding hydrogens is 236 g/mol. The third-order valence-corrected chi connectivity index (χ3v) is 2.69. The minimum atomic E-state index is 0.358. The van der Waals surface area contributed by atoms with Gasteiger partial charge in [0, 0.05) is 18.5 Å². The summed E-state index contributed by atoms with van der Waals surface area (Å²) in [7, 11) is 0. The largest absolute Gasteiger partial charge is 0.380 e. The van der Waals surface area contributed by atoms with E-state index >= 15 is 0 Å². The van der Waals surface area contributed by atoms with Crippen LogP contribution in [0, 0.1) is 5.92 Å². The fourth-order valence-corrected chi connectivity index (χ4v) is 1.76. The van der Waals surface area contributed by atoms with Gasteiger partial charge in [-0.1, -0.05) is 27.7 Å². The first-order valence-electron chi connectivity index (χ1n) is 7.23. The zero-order chi connectivity index (χ0) is 14.4. The lowest BCUT2D eigenvalue weighted by Crippen LogP contribution is -2.22. The maximum Gasteiger partial charge on any atom is 0.131 e. The average Bonchev–Trinajstić information content (AvgIpc) is 2.29. The lowest BCUT2D eigenvalue weighted by molar-refractivity contribution is 0.546. The minimum Gasteiger partial charge on any atom is -0.380 e. The van der Waals surface area contributed by atoms with Gasteiger partial charge in [-0.2, -0.15) is 0 Å². The number of hydrogen-bond donors (Lipinski definition) is 2. The van der Waals surface area contributed by atoms with E-state index in [-0.39, 0.29) is 0 Å². The Bertz CT molecular complexity index is 386. The molecule has 0 aromatic carbocycles. The molecule has 4 heteroatoms. The molecule has 0 atom stereocenters. The zero-order valence-corrected chi connectivity index (χ0v) is 13.1. The maximum absolute atomic E-state index is 4.69. The second-order valence-electron chi connectivity index (χ2n) is 6.07. The lowest BCUT2D eigenvalue weighted by atomic mass is 10.2. The van der Waals surface area contributed by atoms with Gasteiger partial charge in [-0.25, -0.2) is 9.97 Å². The molecule has 0 saturated heterocycles. The topological polar surface area (TPSA) is 49.8 Å². The van der Waals surface area contributed by atoms with Crippen molar-refractivity contribution in [2.24, 2.45) is 5.92 Å². The molecule has 19 heavy (non-hydrogen) atoms. The average molecular weight is 264 g/mol. The Hall–Kier alpha value is -1.16. The van der Waals surface area contributed by atoms with Gasteiger partial charge in [-0.15, -0.1) is 0 Å². The van der Waals surface area contributed by atoms with E-state index < -0.39 is 0 Å². The Morgan fingerprint density at radius 3 is 2.32 bits per heavy atom. The van der Waals surface area contributed by atoms with Crippen LogP contribution in [0.5, 0.6) is 0 Å². The SMILES string of the molecule is CC(C)CNCc1nc(C(C)C)ncc1NC(C)C. The molecule has 0 bridgehead atoms. The number of nitrogens with zero attached hydrogens (tertiary/aromatic N) is 2. The number of hydrogen-bond acceptors (Lipinski definition) is 4. The van der Waals surface area contributed by atoms with Crippen LogP contribution >= 0.6 is 0 Å². The monoisotopic (exact) mass is 264 g/mol. The Labute approximate surface area is 117 Å². The number of anilines is 1. The van der Waals surface area contributed by atoms with Crippen molar-refractivity contribution >= 4 is 5.69 Å². The van der Waals surface area contributed by atoms with Gasteiger partial charge in [0.2, 0.25) is 0 Å². The third-order valence-electron chi connectivity index (χ3n) is 2.69. The van der Waals surface area contributed by atoms with Gasteiger partial charge in [0.1, 0.15) is 5.82 Å². The minimum absolute atomic E-state index is 0.358. The summed E-state index contributed by atoms with van der Waals surface area (Å²) in [6.07, 6.45) is 1.91. The highest BCUT2D eigenvalue weighted by Gasteiger charge is 2.10. The van der Waals surface area contributed by atoms with Gasteiger partial charge in [-0.3, -0.25) is 0 Å². The molecule has 0 fully saturated rings. The highest BCUT2D eigenvalue weighted by Crippen LogP contribution is 2.17. The van der Waals surface area contributed by atoms with Crippen molar-refractivity contribution in [3.63, 3.8) is 0 Å². The van der Waals surface area contributed by atoms with Gasteiger partial charge in [0.15, 0.2) is 0 Å². The highest BCUT2D eigenvalue weighted by molar-refractivity contribution is 5.46. The molecule has 0 saturated carbocycles. The van der Waals surface area contributed by atoms with E-state index in [1.807, 2.05) is 6.20 Å². The Balaban J connectivity index is 2.84. The highest BCUT2D eigenvalue weighted by atomic mass is 15.0. The lowest BCUT2D eigenvalue weighted by Gasteiger charge is -2.16. The molecule has 4 nitrogen and oxygen atoms in total. The van der Waals surface area contributed by atoms with E-state index in [4.69, 9.17) is 0 Å². The molecule has 0 aliphatic heterocycles. The standard InChI is InChI=1S/C15H28N4/c1-10(2)7-16-8-13-14(18-12(5)6)9-17-15(19-13)11(3)4/h9-12,16,18H,7-8H2,1-6H3. The van der Waals surface area contributed by atoms with Crippen molar-refractivity contribution in [2.45, 2.75) is 60.0 Å². The van der Waals surface area contributed by atoms with Crippen LogP contribution < -0.4 is 10.6 Å². The molecule has 1 rings (SSSR count). The molecule has 2 N–H and O–H groups in total. The van der Waals surface area contributed by atoms with E-state index in [9.17, 15) is 0 Å². The van der Waals surface area contributed by atoms with Crippen molar-refractivity contribution in [1.29, 1.82) is 0 Å². The van der Waals surface area contributed by atoms with Crippen molar-refractivity contribution in [3.05, 3.63) is 17.7 Å². The fourth-order valence-electron chi connectivity index (χ4n) is 1.76. The summed E-state index contributed by atoms with van der Waals surface area (Å²) < 4.78 is 0. The summed E-state index contributed by atoms with van der Waals surface area (Å²) >= 11 is 0. The quantitative estimate of drug-likeness (QED) is 0.794. The second kappa shape index (κ2) is 7.43. The van der Waals surface area contributed by atoms with Crippen LogP contribution in [0.2, 0.25) is 0 Å². The molecule has 1 aromatic rings. The van der Waals surface area contributed by atoms with Crippen LogP contribution in [0.4, 0.5) is 5.69 Å². The molecule has 1 aromatic heterocycles. The van der Waals surface area contributed by atoms with Crippen LogP contribution in [0.1, 0.15) is 59.0 Å². The van der Waals surface area contributed by atoms with Crippen molar-refractivity contribution in [1.82, 2.24) is 15.3 Å². The molecule has 0 spiro atoms. The van der Waals surface area contributed by atoms with Crippen molar-refractivity contribution < 1.29 is 0 Å². The number of nitrogens with one attached hydrogen (secondary N) is 2. The molecule has 0 radical (unpaired) electrons. The van der Waals surface area contributed by atoms with Crippen LogP contribution in [0.3, 0.4) is 0 Å². The van der Waals surface area contributed by atoms with Crippen LogP contribution in [0.15, 0.2) is 6.20 Å². The molecule has 0 aliphatic carbocycles. The molecule has 1 heterocycles. The Kier molecular flexibility index (Phi) is 6.22. The first-order chi connectivity index (χ1) is 8.90. The first kappa shape index (κ1) is 15.9. The van der Waals surface area contributed by atoms with Crippen molar-refractivity contribution in [2.75, 3.05) is 11.9 Å². The normalized spacial score (nSPS) is 11.6. The predicted octanol–water partition coefficient (Wildman–Crippen LogP) is 3.17. The van der Waals surface area contributed by atoms with E-state index in [0.29, 0.717) is 17.9 Å². The second-order valence-corrected chi connectivity index (χ2v) is 6.07. The summed E-state index contributed by atoms with van der Waals surface area (Å²) in [5.74, 6) is 1.92. The molecular formula is C15H28N4. The van der Waals surface area contributed by atoms with Crippen LogP contribution in [0.25, 0.3) is 0 Å². The molecule has 108 valence electrons. The Morgan fingerprint density at radius 2 is 1.79 bits per heavy atom. The van der Waals surface area contributed by atoms with E-state index in [2.05, 4.69) is 62.1 Å². The smallest absolute Gasteiger partial charge is 0.131 e. The number of rotatable bonds is 7.